The Morgan fingerprint density at radius 2 is 1.73 bits per heavy atom. The number of H-pyrrole nitrogens is 1. The lowest BCUT2D eigenvalue weighted by atomic mass is 10.1. The van der Waals surface area contributed by atoms with Crippen molar-refractivity contribution in [3.63, 3.8) is 0 Å². The summed E-state index contributed by atoms with van der Waals surface area (Å²) in [7, 11) is -4.16. The van der Waals surface area contributed by atoms with Crippen LogP contribution in [0.15, 0.2) is 83.9 Å². The summed E-state index contributed by atoms with van der Waals surface area (Å²) in [5.74, 6) is -1.17. The molecule has 0 radical (unpaired) electrons. The van der Waals surface area contributed by atoms with E-state index in [0.29, 0.717) is 17.9 Å². The van der Waals surface area contributed by atoms with Crippen LogP contribution in [-0.4, -0.2) is 49.5 Å². The number of carbonyl (C=O) groups is 2. The molecule has 0 spiro atoms. The summed E-state index contributed by atoms with van der Waals surface area (Å²) in [5.41, 5.74) is 1.59. The number of ether oxygens (including phenoxy) is 2. The first kappa shape index (κ1) is 28.3. The van der Waals surface area contributed by atoms with Crippen LogP contribution >= 0.6 is 0 Å². The number of nitro benzene ring substituents is 1. The number of aromatic amines is 1. The Morgan fingerprint density at radius 1 is 1.02 bits per heavy atom. The maximum atomic E-state index is 13.2. The van der Waals surface area contributed by atoms with Crippen LogP contribution in [0.25, 0.3) is 10.9 Å². The molecule has 1 amide bonds. The van der Waals surface area contributed by atoms with Gasteiger partial charge in [0.2, 0.25) is 10.0 Å². The maximum Gasteiger partial charge on any atom is 0.325 e. The zero-order valence-corrected chi connectivity index (χ0v) is 22.1. The molecule has 1 heterocycles. The minimum absolute atomic E-state index is 0.0525. The van der Waals surface area contributed by atoms with Crippen molar-refractivity contribution in [1.82, 2.24) is 9.71 Å². The number of carbonyl (C=O) groups excluding carboxylic acids is 2. The van der Waals surface area contributed by atoms with Crippen LogP contribution < -0.4 is 14.8 Å². The highest BCUT2D eigenvalue weighted by atomic mass is 32.2. The Labute approximate surface area is 229 Å². The molecule has 208 valence electrons. The standard InChI is InChI=1S/C27H26N4O8S/c1-2-38-21-11-13-22(14-12-21)40(36,37)30-25(15-18-16-28-24-6-4-3-5-23(18)24)27(33)39-17-26(32)29-19-7-9-20(10-8-19)31(34)35/h3-14,16,25,28,30H,2,15,17H2,1H3,(H,29,32). The molecule has 0 bridgehead atoms. The number of esters is 1. The van der Waals surface area contributed by atoms with E-state index in [-0.39, 0.29) is 22.7 Å². The van der Waals surface area contributed by atoms with Gasteiger partial charge in [-0.1, -0.05) is 18.2 Å². The summed E-state index contributed by atoms with van der Waals surface area (Å²) >= 11 is 0. The molecule has 0 saturated carbocycles. The van der Waals surface area contributed by atoms with Gasteiger partial charge in [0.05, 0.1) is 16.4 Å². The lowest BCUT2D eigenvalue weighted by molar-refractivity contribution is -0.384. The average molecular weight is 567 g/mol. The van der Waals surface area contributed by atoms with E-state index in [1.165, 1.54) is 48.5 Å². The smallest absolute Gasteiger partial charge is 0.325 e. The molecule has 0 aliphatic carbocycles. The topological polar surface area (TPSA) is 170 Å². The average Bonchev–Trinajstić information content (AvgIpc) is 3.35. The van der Waals surface area contributed by atoms with Crippen LogP contribution in [0.1, 0.15) is 12.5 Å². The second-order valence-electron chi connectivity index (χ2n) is 8.60. The molecule has 3 aromatic carbocycles. The molecule has 0 aliphatic heterocycles. The van der Waals surface area contributed by atoms with Gasteiger partial charge in [0.25, 0.3) is 11.6 Å². The predicted molar refractivity (Wildman–Crippen MR) is 146 cm³/mol. The van der Waals surface area contributed by atoms with Crippen LogP contribution in [0.5, 0.6) is 5.75 Å². The van der Waals surface area contributed by atoms with Crippen molar-refractivity contribution in [2.45, 2.75) is 24.3 Å². The fourth-order valence-electron chi connectivity index (χ4n) is 3.93. The third-order valence-corrected chi connectivity index (χ3v) is 7.32. The first-order valence-corrected chi connectivity index (χ1v) is 13.7. The third-order valence-electron chi connectivity index (χ3n) is 5.83. The van der Waals surface area contributed by atoms with Crippen molar-refractivity contribution in [3.05, 3.63) is 94.7 Å². The first-order valence-electron chi connectivity index (χ1n) is 12.2. The van der Waals surface area contributed by atoms with Crippen LogP contribution in [0, 0.1) is 10.1 Å². The molecule has 12 nitrogen and oxygen atoms in total. The summed E-state index contributed by atoms with van der Waals surface area (Å²) < 4.78 is 39.3. The molecule has 1 aromatic heterocycles. The number of hydrogen-bond donors (Lipinski definition) is 3. The van der Waals surface area contributed by atoms with Crippen molar-refractivity contribution in [3.8, 4) is 5.75 Å². The molecular weight excluding hydrogens is 540 g/mol. The van der Waals surface area contributed by atoms with Crippen molar-refractivity contribution >= 4 is 44.2 Å². The monoisotopic (exact) mass is 566 g/mol. The van der Waals surface area contributed by atoms with Gasteiger partial charge in [0.15, 0.2) is 6.61 Å². The Morgan fingerprint density at radius 3 is 2.40 bits per heavy atom. The van der Waals surface area contributed by atoms with Crippen LogP contribution in [-0.2, 0) is 30.8 Å². The fourth-order valence-corrected chi connectivity index (χ4v) is 5.12. The Balaban J connectivity index is 1.49. The van der Waals surface area contributed by atoms with Crippen molar-refractivity contribution in [1.29, 1.82) is 0 Å². The number of para-hydroxylation sites is 1. The summed E-state index contributed by atoms with van der Waals surface area (Å²) in [4.78, 5) is 38.7. The van der Waals surface area contributed by atoms with E-state index in [1.54, 1.807) is 13.1 Å². The number of rotatable bonds is 12. The largest absolute Gasteiger partial charge is 0.494 e. The van der Waals surface area contributed by atoms with E-state index in [2.05, 4.69) is 15.0 Å². The van der Waals surface area contributed by atoms with Crippen LogP contribution in [0.3, 0.4) is 0 Å². The molecule has 0 saturated heterocycles. The zero-order chi connectivity index (χ0) is 28.7. The predicted octanol–water partition coefficient (Wildman–Crippen LogP) is 3.55. The number of hydrogen-bond acceptors (Lipinski definition) is 8. The number of amides is 1. The molecule has 0 fully saturated rings. The number of nitro groups is 1. The van der Waals surface area contributed by atoms with Gasteiger partial charge in [-0.2, -0.15) is 4.72 Å². The Hall–Kier alpha value is -4.75. The molecule has 40 heavy (non-hydrogen) atoms. The number of non-ortho nitro benzene ring substituents is 1. The van der Waals surface area contributed by atoms with Gasteiger partial charge >= 0.3 is 5.97 Å². The first-order chi connectivity index (χ1) is 19.2. The lowest BCUT2D eigenvalue weighted by Crippen LogP contribution is -2.44. The molecule has 1 atom stereocenters. The second kappa shape index (κ2) is 12.4. The highest BCUT2D eigenvalue weighted by molar-refractivity contribution is 7.89. The molecule has 13 heteroatoms. The van der Waals surface area contributed by atoms with Gasteiger partial charge in [-0.25, -0.2) is 8.42 Å². The highest BCUT2D eigenvalue weighted by Crippen LogP contribution is 2.21. The minimum Gasteiger partial charge on any atom is -0.494 e. The number of nitrogens with zero attached hydrogens (tertiary/aromatic N) is 1. The summed E-state index contributed by atoms with van der Waals surface area (Å²) in [6.45, 7) is 1.52. The summed E-state index contributed by atoms with van der Waals surface area (Å²) in [6, 6.07) is 16.8. The van der Waals surface area contributed by atoms with Crippen LogP contribution in [0.2, 0.25) is 0 Å². The SMILES string of the molecule is CCOc1ccc(S(=O)(=O)NC(Cc2c[nH]c3ccccc23)C(=O)OCC(=O)Nc2ccc([N+](=O)[O-])cc2)cc1. The quantitative estimate of drug-likeness (QED) is 0.133. The van der Waals surface area contributed by atoms with E-state index in [4.69, 9.17) is 9.47 Å². The molecule has 4 aromatic rings. The van der Waals surface area contributed by atoms with E-state index in [0.717, 1.165) is 10.9 Å². The van der Waals surface area contributed by atoms with Gasteiger partial charge < -0.3 is 19.8 Å². The molecule has 4 rings (SSSR count). The second-order valence-corrected chi connectivity index (χ2v) is 10.3. The minimum atomic E-state index is -4.16. The highest BCUT2D eigenvalue weighted by Gasteiger charge is 2.29. The van der Waals surface area contributed by atoms with E-state index < -0.39 is 39.5 Å². The van der Waals surface area contributed by atoms with E-state index >= 15 is 0 Å². The molecule has 0 aliphatic rings. The van der Waals surface area contributed by atoms with E-state index in [9.17, 15) is 28.1 Å². The number of nitrogens with one attached hydrogen (secondary N) is 3. The summed E-state index contributed by atoms with van der Waals surface area (Å²) in [6.07, 6.45) is 1.63. The molecule has 3 N–H and O–H groups in total. The number of fused-ring (bicyclic) bond motifs is 1. The van der Waals surface area contributed by atoms with Crippen molar-refractivity contribution < 1.29 is 32.4 Å². The van der Waals surface area contributed by atoms with E-state index in [1.807, 2.05) is 24.3 Å². The third kappa shape index (κ3) is 7.01. The van der Waals surface area contributed by atoms with Crippen molar-refractivity contribution in [2.75, 3.05) is 18.5 Å². The van der Waals surface area contributed by atoms with Crippen molar-refractivity contribution in [2.24, 2.45) is 0 Å². The molecular formula is C27H26N4O8S. The lowest BCUT2D eigenvalue weighted by Gasteiger charge is -2.18. The normalized spacial score (nSPS) is 12.0. The van der Waals surface area contributed by atoms with Crippen LogP contribution in [0.4, 0.5) is 11.4 Å². The van der Waals surface area contributed by atoms with Gasteiger partial charge in [-0.3, -0.25) is 19.7 Å². The number of sulfonamides is 1. The summed E-state index contributed by atoms with van der Waals surface area (Å²) in [5, 5.41) is 14.1. The number of anilines is 1. The zero-order valence-electron chi connectivity index (χ0n) is 21.3. The molecule has 1 unspecified atom stereocenters. The van der Waals surface area contributed by atoms with Gasteiger partial charge in [0, 0.05) is 41.3 Å². The maximum absolute atomic E-state index is 13.2. The van der Waals surface area contributed by atoms with Gasteiger partial charge in [-0.05, 0) is 55.0 Å². The number of aromatic nitrogens is 1. The fraction of sp³-hybridized carbons (Fsp3) is 0.185. The number of benzene rings is 3. The van der Waals surface area contributed by atoms with Gasteiger partial charge in [-0.15, -0.1) is 0 Å². The Kier molecular flexibility index (Phi) is 8.76. The van der Waals surface area contributed by atoms with Gasteiger partial charge in [0.1, 0.15) is 11.8 Å². The Bertz CT molecular complexity index is 1620.